The van der Waals surface area contributed by atoms with Crippen LogP contribution in [0.25, 0.3) is 0 Å². The fraction of sp³-hybridized carbons (Fsp3) is 0.588. The predicted octanol–water partition coefficient (Wildman–Crippen LogP) is 1.75. The zero-order chi connectivity index (χ0) is 18.6. The lowest BCUT2D eigenvalue weighted by Gasteiger charge is -2.26. The Morgan fingerprint density at radius 1 is 1.28 bits per heavy atom. The van der Waals surface area contributed by atoms with Gasteiger partial charge < -0.3 is 15.4 Å². The number of rotatable bonds is 5. The van der Waals surface area contributed by atoms with Crippen molar-refractivity contribution in [1.29, 1.82) is 0 Å². The van der Waals surface area contributed by atoms with Gasteiger partial charge in [-0.3, -0.25) is 19.7 Å². The maximum atomic E-state index is 12.2. The van der Waals surface area contributed by atoms with Crippen LogP contribution in [0.4, 0.5) is 4.79 Å². The number of alkyl carbamates (subject to hydrolysis) is 1. The highest BCUT2D eigenvalue weighted by atomic mass is 16.6. The Morgan fingerprint density at radius 2 is 1.96 bits per heavy atom. The highest BCUT2D eigenvalue weighted by Gasteiger charge is 2.24. The summed E-state index contributed by atoms with van der Waals surface area (Å²) in [5.74, 6) is -0.771. The molecule has 0 aromatic carbocycles. The first-order chi connectivity index (χ1) is 11.7. The molecule has 0 bridgehead atoms. The second-order valence-electron chi connectivity index (χ2n) is 7.26. The number of ether oxygens (including phenoxy) is 1. The number of nitrogens with one attached hydrogen (secondary N) is 3. The fourth-order valence-electron chi connectivity index (χ4n) is 2.23. The number of carbonyl (C=O) groups excluding carboxylic acids is 3. The SMILES string of the molecule is C[C@H](OC(=O)NC(C)(C)C)C(=O)Nn1cccc1C(=O)NC1CCC1. The van der Waals surface area contributed by atoms with Crippen molar-refractivity contribution in [3.8, 4) is 0 Å². The van der Waals surface area contributed by atoms with Crippen LogP contribution in [0.5, 0.6) is 0 Å². The number of aromatic nitrogens is 1. The Kier molecular flexibility index (Phi) is 5.71. The van der Waals surface area contributed by atoms with Crippen LogP contribution in [-0.2, 0) is 9.53 Å². The van der Waals surface area contributed by atoms with E-state index in [1.54, 1.807) is 18.3 Å². The van der Waals surface area contributed by atoms with Crippen molar-refractivity contribution in [2.75, 3.05) is 5.43 Å². The topological polar surface area (TPSA) is 101 Å². The van der Waals surface area contributed by atoms with Gasteiger partial charge in [-0.1, -0.05) is 0 Å². The molecule has 0 saturated heterocycles. The first kappa shape index (κ1) is 18.8. The molecule has 0 unspecified atom stereocenters. The van der Waals surface area contributed by atoms with Crippen LogP contribution in [0.3, 0.4) is 0 Å². The fourth-order valence-corrected chi connectivity index (χ4v) is 2.23. The zero-order valence-corrected chi connectivity index (χ0v) is 15.1. The van der Waals surface area contributed by atoms with Gasteiger partial charge >= 0.3 is 6.09 Å². The molecule has 1 aromatic heterocycles. The summed E-state index contributed by atoms with van der Waals surface area (Å²) in [6.45, 7) is 6.90. The Balaban J connectivity index is 1.90. The van der Waals surface area contributed by atoms with Gasteiger partial charge in [-0.2, -0.15) is 0 Å². The van der Waals surface area contributed by atoms with Crippen LogP contribution >= 0.6 is 0 Å². The van der Waals surface area contributed by atoms with Crippen LogP contribution in [-0.4, -0.2) is 40.3 Å². The van der Waals surface area contributed by atoms with Crippen molar-refractivity contribution in [2.45, 2.75) is 64.6 Å². The van der Waals surface area contributed by atoms with Crippen LogP contribution < -0.4 is 16.1 Å². The van der Waals surface area contributed by atoms with E-state index in [0.717, 1.165) is 19.3 Å². The van der Waals surface area contributed by atoms with E-state index in [1.165, 1.54) is 11.6 Å². The van der Waals surface area contributed by atoms with E-state index in [2.05, 4.69) is 16.1 Å². The van der Waals surface area contributed by atoms with Crippen LogP contribution in [0, 0.1) is 0 Å². The molecule has 138 valence electrons. The minimum atomic E-state index is -1.01. The maximum Gasteiger partial charge on any atom is 0.408 e. The minimum Gasteiger partial charge on any atom is -0.436 e. The molecule has 0 spiro atoms. The average molecular weight is 350 g/mol. The van der Waals surface area contributed by atoms with Crippen molar-refractivity contribution >= 4 is 17.9 Å². The summed E-state index contributed by atoms with van der Waals surface area (Å²) in [7, 11) is 0. The first-order valence-corrected chi connectivity index (χ1v) is 8.43. The van der Waals surface area contributed by atoms with Gasteiger partial charge in [-0.05, 0) is 59.1 Å². The van der Waals surface area contributed by atoms with Gasteiger partial charge in [-0.15, -0.1) is 0 Å². The molecule has 8 nitrogen and oxygen atoms in total. The third-order valence-electron chi connectivity index (χ3n) is 3.78. The number of amides is 3. The van der Waals surface area contributed by atoms with Gasteiger partial charge in [0.05, 0.1) is 0 Å². The first-order valence-electron chi connectivity index (χ1n) is 8.43. The summed E-state index contributed by atoms with van der Waals surface area (Å²) in [5.41, 5.74) is 2.43. The normalized spacial score (nSPS) is 15.7. The summed E-state index contributed by atoms with van der Waals surface area (Å²) in [5, 5.41) is 5.53. The molecule has 8 heteroatoms. The quantitative estimate of drug-likeness (QED) is 0.753. The summed E-state index contributed by atoms with van der Waals surface area (Å²) in [4.78, 5) is 36.2. The van der Waals surface area contributed by atoms with Crippen LogP contribution in [0.1, 0.15) is 57.4 Å². The third-order valence-corrected chi connectivity index (χ3v) is 3.78. The number of nitrogens with zero attached hydrogens (tertiary/aromatic N) is 1. The van der Waals surface area contributed by atoms with Gasteiger partial charge in [0.25, 0.3) is 11.8 Å². The molecule has 0 aliphatic heterocycles. The highest BCUT2D eigenvalue weighted by Crippen LogP contribution is 2.18. The van der Waals surface area contributed by atoms with E-state index >= 15 is 0 Å². The molecule has 1 aromatic rings. The standard InChI is InChI=1S/C17H26N4O4/c1-11(25-16(24)19-17(2,3)4)14(22)20-21-10-6-9-13(21)15(23)18-12-7-5-8-12/h6,9-12H,5,7-8H2,1-4H3,(H,18,23)(H,19,24)(H,20,22)/t11-/m0/s1. The second kappa shape index (κ2) is 7.58. The van der Waals surface area contributed by atoms with Crippen molar-refractivity contribution in [1.82, 2.24) is 15.3 Å². The van der Waals surface area contributed by atoms with Gasteiger partial charge in [-0.25, -0.2) is 4.79 Å². The van der Waals surface area contributed by atoms with Gasteiger partial charge in [0.2, 0.25) is 0 Å². The smallest absolute Gasteiger partial charge is 0.408 e. The van der Waals surface area contributed by atoms with E-state index in [4.69, 9.17) is 4.74 Å². The second-order valence-corrected chi connectivity index (χ2v) is 7.26. The predicted molar refractivity (Wildman–Crippen MR) is 92.7 cm³/mol. The highest BCUT2D eigenvalue weighted by molar-refractivity contribution is 5.95. The van der Waals surface area contributed by atoms with Crippen LogP contribution in [0.15, 0.2) is 18.3 Å². The summed E-state index contributed by atoms with van der Waals surface area (Å²) in [6.07, 6.45) is 2.96. The molecule has 1 fully saturated rings. The van der Waals surface area contributed by atoms with E-state index in [9.17, 15) is 14.4 Å². The van der Waals surface area contributed by atoms with Gasteiger partial charge in [0.15, 0.2) is 6.10 Å². The largest absolute Gasteiger partial charge is 0.436 e. The zero-order valence-electron chi connectivity index (χ0n) is 15.1. The Labute approximate surface area is 147 Å². The Morgan fingerprint density at radius 3 is 2.52 bits per heavy atom. The van der Waals surface area contributed by atoms with Crippen molar-refractivity contribution in [3.63, 3.8) is 0 Å². The molecule has 3 amide bonds. The van der Waals surface area contributed by atoms with Gasteiger partial charge in [0.1, 0.15) is 5.69 Å². The Hall–Kier alpha value is -2.51. The maximum absolute atomic E-state index is 12.2. The molecule has 1 saturated carbocycles. The molecule has 1 aliphatic carbocycles. The lowest BCUT2D eigenvalue weighted by atomic mass is 9.93. The molecule has 3 N–H and O–H groups in total. The van der Waals surface area contributed by atoms with Crippen molar-refractivity contribution < 1.29 is 19.1 Å². The van der Waals surface area contributed by atoms with E-state index in [-0.39, 0.29) is 11.9 Å². The average Bonchev–Trinajstić information content (AvgIpc) is 2.88. The molecule has 1 aliphatic rings. The number of carbonyl (C=O) groups is 3. The molecular weight excluding hydrogens is 324 g/mol. The summed E-state index contributed by atoms with van der Waals surface area (Å²) >= 11 is 0. The van der Waals surface area contributed by atoms with E-state index < -0.39 is 23.6 Å². The number of hydrogen-bond acceptors (Lipinski definition) is 4. The van der Waals surface area contributed by atoms with Crippen molar-refractivity contribution in [2.24, 2.45) is 0 Å². The molecule has 0 radical (unpaired) electrons. The minimum absolute atomic E-state index is 0.204. The van der Waals surface area contributed by atoms with E-state index in [0.29, 0.717) is 5.69 Å². The third kappa shape index (κ3) is 5.51. The monoisotopic (exact) mass is 350 g/mol. The molecular formula is C17H26N4O4. The van der Waals surface area contributed by atoms with Gasteiger partial charge in [0, 0.05) is 17.8 Å². The Bertz CT molecular complexity index is 643. The molecule has 2 rings (SSSR count). The lowest BCUT2D eigenvalue weighted by molar-refractivity contribution is -0.124. The van der Waals surface area contributed by atoms with Crippen molar-refractivity contribution in [3.05, 3.63) is 24.0 Å². The molecule has 1 heterocycles. The molecule has 25 heavy (non-hydrogen) atoms. The summed E-state index contributed by atoms with van der Waals surface area (Å²) in [6, 6.07) is 3.48. The lowest BCUT2D eigenvalue weighted by Crippen LogP contribution is -2.45. The van der Waals surface area contributed by atoms with Crippen LogP contribution in [0.2, 0.25) is 0 Å². The summed E-state index contributed by atoms with van der Waals surface area (Å²) < 4.78 is 6.38. The molecule has 1 atom stereocenters. The number of hydrogen-bond donors (Lipinski definition) is 3. The van der Waals surface area contributed by atoms with E-state index in [1.807, 2.05) is 20.8 Å².